The molecule has 0 unspecified atom stereocenters. The highest BCUT2D eigenvalue weighted by atomic mass is 19.4. The molecular formula is C18H17F3N2O2. The fourth-order valence-electron chi connectivity index (χ4n) is 2.23. The van der Waals surface area contributed by atoms with Gasteiger partial charge >= 0.3 is 12.1 Å². The van der Waals surface area contributed by atoms with Crippen LogP contribution >= 0.6 is 0 Å². The summed E-state index contributed by atoms with van der Waals surface area (Å²) in [4.78, 5) is 22.9. The third-order valence-corrected chi connectivity index (χ3v) is 3.38. The van der Waals surface area contributed by atoms with Crippen LogP contribution in [-0.4, -0.2) is 18.0 Å². The molecule has 0 radical (unpaired) electrons. The molecule has 0 bridgehead atoms. The second kappa shape index (κ2) is 7.83. The van der Waals surface area contributed by atoms with Crippen LogP contribution in [-0.2, 0) is 16.0 Å². The summed E-state index contributed by atoms with van der Waals surface area (Å²) in [5, 5.41) is 4.35. The topological polar surface area (TPSA) is 58.2 Å². The van der Waals surface area contributed by atoms with Gasteiger partial charge in [0.2, 0.25) is 5.91 Å². The van der Waals surface area contributed by atoms with Crippen molar-refractivity contribution in [2.24, 2.45) is 0 Å². The largest absolute Gasteiger partial charge is 0.471 e. The van der Waals surface area contributed by atoms with E-state index >= 15 is 0 Å². The van der Waals surface area contributed by atoms with Crippen LogP contribution in [0.1, 0.15) is 17.5 Å². The summed E-state index contributed by atoms with van der Waals surface area (Å²) in [5.74, 6) is -2.32. The Labute approximate surface area is 143 Å². The van der Waals surface area contributed by atoms with Gasteiger partial charge in [-0.05, 0) is 37.1 Å². The lowest BCUT2D eigenvalue weighted by Crippen LogP contribution is -2.29. The zero-order valence-electron chi connectivity index (χ0n) is 13.5. The number of aryl methyl sites for hydroxylation is 2. The van der Waals surface area contributed by atoms with Crippen molar-refractivity contribution in [1.82, 2.24) is 0 Å². The van der Waals surface area contributed by atoms with Crippen molar-refractivity contribution in [3.63, 3.8) is 0 Å². The Bertz CT molecular complexity index is 773. The van der Waals surface area contributed by atoms with Crippen molar-refractivity contribution in [2.45, 2.75) is 25.9 Å². The average molecular weight is 350 g/mol. The van der Waals surface area contributed by atoms with Gasteiger partial charge in [-0.3, -0.25) is 9.59 Å². The fourth-order valence-corrected chi connectivity index (χ4v) is 2.23. The van der Waals surface area contributed by atoms with Gasteiger partial charge in [-0.2, -0.15) is 13.2 Å². The van der Waals surface area contributed by atoms with Gasteiger partial charge in [0.25, 0.3) is 0 Å². The van der Waals surface area contributed by atoms with E-state index in [1.807, 2.05) is 31.2 Å². The normalized spacial score (nSPS) is 11.0. The summed E-state index contributed by atoms with van der Waals surface area (Å²) in [5.41, 5.74) is 2.40. The molecule has 0 aliphatic heterocycles. The smallest absolute Gasteiger partial charge is 0.326 e. The standard InChI is InChI=1S/C18H17F3N2O2/c1-12-4-2-5-13(10-12)8-9-16(24)22-14-6-3-7-15(11-14)23-17(25)18(19,20)21/h2-7,10-11H,8-9H2,1H3,(H,22,24)(H,23,25). The summed E-state index contributed by atoms with van der Waals surface area (Å²) in [7, 11) is 0. The lowest BCUT2D eigenvalue weighted by atomic mass is 10.1. The molecule has 0 fully saturated rings. The summed E-state index contributed by atoms with van der Waals surface area (Å²) >= 11 is 0. The van der Waals surface area contributed by atoms with Crippen LogP contribution in [0.25, 0.3) is 0 Å². The van der Waals surface area contributed by atoms with E-state index in [9.17, 15) is 22.8 Å². The van der Waals surface area contributed by atoms with E-state index in [1.54, 1.807) is 5.32 Å². The van der Waals surface area contributed by atoms with E-state index in [4.69, 9.17) is 0 Å². The van der Waals surface area contributed by atoms with Crippen molar-refractivity contribution in [3.05, 3.63) is 59.7 Å². The van der Waals surface area contributed by atoms with Gasteiger partial charge in [-0.1, -0.05) is 35.9 Å². The Balaban J connectivity index is 1.92. The second-order valence-electron chi connectivity index (χ2n) is 5.57. The number of hydrogen-bond acceptors (Lipinski definition) is 2. The van der Waals surface area contributed by atoms with Gasteiger partial charge in [-0.15, -0.1) is 0 Å². The van der Waals surface area contributed by atoms with Gasteiger partial charge in [0.05, 0.1) is 0 Å². The van der Waals surface area contributed by atoms with Gasteiger partial charge in [0, 0.05) is 17.8 Å². The molecule has 7 heteroatoms. The van der Waals surface area contributed by atoms with Crippen LogP contribution in [0, 0.1) is 6.92 Å². The molecule has 0 aliphatic carbocycles. The van der Waals surface area contributed by atoms with Gasteiger partial charge in [-0.25, -0.2) is 0 Å². The molecule has 2 N–H and O–H groups in total. The Morgan fingerprint density at radius 1 is 0.960 bits per heavy atom. The van der Waals surface area contributed by atoms with Crippen LogP contribution in [0.2, 0.25) is 0 Å². The van der Waals surface area contributed by atoms with Gasteiger partial charge in [0.15, 0.2) is 0 Å². The Morgan fingerprint density at radius 3 is 2.24 bits per heavy atom. The van der Waals surface area contributed by atoms with E-state index < -0.39 is 12.1 Å². The molecule has 132 valence electrons. The van der Waals surface area contributed by atoms with E-state index in [1.165, 1.54) is 24.3 Å². The number of nitrogens with one attached hydrogen (secondary N) is 2. The molecule has 2 amide bonds. The Morgan fingerprint density at radius 2 is 1.60 bits per heavy atom. The van der Waals surface area contributed by atoms with Crippen molar-refractivity contribution < 1.29 is 22.8 Å². The number of rotatable bonds is 5. The zero-order valence-corrected chi connectivity index (χ0v) is 13.5. The van der Waals surface area contributed by atoms with E-state index in [-0.39, 0.29) is 18.0 Å². The number of carbonyl (C=O) groups is 2. The number of anilines is 2. The maximum absolute atomic E-state index is 12.3. The molecule has 0 saturated heterocycles. The highest BCUT2D eigenvalue weighted by Gasteiger charge is 2.38. The number of amides is 2. The van der Waals surface area contributed by atoms with Crippen molar-refractivity contribution in [3.8, 4) is 0 Å². The maximum atomic E-state index is 12.3. The Hall–Kier alpha value is -2.83. The van der Waals surface area contributed by atoms with Crippen LogP contribution in [0.4, 0.5) is 24.5 Å². The molecular weight excluding hydrogens is 333 g/mol. The first kappa shape index (κ1) is 18.5. The van der Waals surface area contributed by atoms with Crippen LogP contribution < -0.4 is 10.6 Å². The summed E-state index contributed by atoms with van der Waals surface area (Å²) in [6, 6.07) is 13.4. The first-order chi connectivity index (χ1) is 11.7. The van der Waals surface area contributed by atoms with Gasteiger partial charge < -0.3 is 10.6 Å². The molecule has 25 heavy (non-hydrogen) atoms. The predicted molar refractivity (Wildman–Crippen MR) is 89.3 cm³/mol. The molecule has 0 heterocycles. The number of carbonyl (C=O) groups excluding carboxylic acids is 2. The highest BCUT2D eigenvalue weighted by Crippen LogP contribution is 2.20. The predicted octanol–water partition coefficient (Wildman–Crippen LogP) is 4.07. The number of halogens is 3. The summed E-state index contributed by atoms with van der Waals surface area (Å²) in [6.45, 7) is 1.96. The minimum Gasteiger partial charge on any atom is -0.326 e. The minimum atomic E-state index is -4.97. The van der Waals surface area contributed by atoms with Crippen LogP contribution in [0.3, 0.4) is 0 Å². The van der Waals surface area contributed by atoms with Crippen molar-refractivity contribution >= 4 is 23.2 Å². The molecule has 4 nitrogen and oxygen atoms in total. The quantitative estimate of drug-likeness (QED) is 0.854. The first-order valence-electron chi connectivity index (χ1n) is 7.58. The average Bonchev–Trinajstić information content (AvgIpc) is 2.52. The molecule has 0 spiro atoms. The molecule has 0 saturated carbocycles. The number of alkyl halides is 3. The molecule has 0 atom stereocenters. The highest BCUT2D eigenvalue weighted by molar-refractivity contribution is 5.96. The van der Waals surface area contributed by atoms with E-state index in [2.05, 4.69) is 5.32 Å². The monoisotopic (exact) mass is 350 g/mol. The maximum Gasteiger partial charge on any atom is 0.471 e. The summed E-state index contributed by atoms with van der Waals surface area (Å²) < 4.78 is 36.8. The molecule has 2 aromatic rings. The molecule has 0 aromatic heterocycles. The SMILES string of the molecule is Cc1cccc(CCC(=O)Nc2cccc(NC(=O)C(F)(F)F)c2)c1. The third kappa shape index (κ3) is 5.95. The number of hydrogen-bond donors (Lipinski definition) is 2. The van der Waals surface area contributed by atoms with Crippen LogP contribution in [0.5, 0.6) is 0 Å². The fraction of sp³-hybridized carbons (Fsp3) is 0.222. The van der Waals surface area contributed by atoms with Crippen molar-refractivity contribution in [1.29, 1.82) is 0 Å². The molecule has 0 aliphatic rings. The van der Waals surface area contributed by atoms with E-state index in [0.717, 1.165) is 11.1 Å². The van der Waals surface area contributed by atoms with Crippen molar-refractivity contribution in [2.75, 3.05) is 10.6 Å². The molecule has 2 aromatic carbocycles. The van der Waals surface area contributed by atoms with Gasteiger partial charge in [0.1, 0.15) is 0 Å². The van der Waals surface area contributed by atoms with E-state index in [0.29, 0.717) is 12.1 Å². The lowest BCUT2D eigenvalue weighted by molar-refractivity contribution is -0.167. The Kier molecular flexibility index (Phi) is 5.80. The number of benzene rings is 2. The van der Waals surface area contributed by atoms with Crippen LogP contribution in [0.15, 0.2) is 48.5 Å². The molecule has 2 rings (SSSR count). The third-order valence-electron chi connectivity index (χ3n) is 3.38. The lowest BCUT2D eigenvalue weighted by Gasteiger charge is -2.10. The minimum absolute atomic E-state index is 0.0428. The summed E-state index contributed by atoms with van der Waals surface area (Å²) in [6.07, 6.45) is -4.17. The first-order valence-corrected chi connectivity index (χ1v) is 7.58. The zero-order chi connectivity index (χ0) is 18.4. The second-order valence-corrected chi connectivity index (χ2v) is 5.57.